The molecule has 1 aliphatic rings. The maximum atomic E-state index is 4.16. The van der Waals surface area contributed by atoms with E-state index in [4.69, 9.17) is 0 Å². The SMILES string of the molecule is CC(NCC1CCCCS1)c1cccnc1. The molecule has 2 unspecified atom stereocenters. The Morgan fingerprint density at radius 3 is 3.19 bits per heavy atom. The van der Waals surface area contributed by atoms with Gasteiger partial charge in [-0.15, -0.1) is 0 Å². The van der Waals surface area contributed by atoms with Gasteiger partial charge in [-0.05, 0) is 37.1 Å². The molecule has 0 amide bonds. The van der Waals surface area contributed by atoms with Crippen LogP contribution in [0.4, 0.5) is 0 Å². The molecule has 0 saturated carbocycles. The van der Waals surface area contributed by atoms with Crippen LogP contribution in [0, 0.1) is 0 Å². The average Bonchev–Trinajstić information content (AvgIpc) is 2.38. The Morgan fingerprint density at radius 1 is 1.56 bits per heavy atom. The van der Waals surface area contributed by atoms with Crippen LogP contribution in [-0.4, -0.2) is 22.5 Å². The standard InChI is InChI=1S/C13H20N2S/c1-11(12-5-4-7-14-9-12)15-10-13-6-2-3-8-16-13/h4-5,7,9,11,13,15H,2-3,6,8,10H2,1H3. The number of hydrogen-bond donors (Lipinski definition) is 1. The van der Waals surface area contributed by atoms with Gasteiger partial charge in [0.1, 0.15) is 0 Å². The van der Waals surface area contributed by atoms with E-state index in [-0.39, 0.29) is 0 Å². The van der Waals surface area contributed by atoms with E-state index in [1.807, 2.05) is 18.5 Å². The zero-order chi connectivity index (χ0) is 11.2. The number of nitrogens with one attached hydrogen (secondary N) is 1. The number of rotatable bonds is 4. The van der Waals surface area contributed by atoms with Crippen molar-refractivity contribution >= 4 is 11.8 Å². The first-order chi connectivity index (χ1) is 7.86. The van der Waals surface area contributed by atoms with Crippen molar-refractivity contribution in [3.05, 3.63) is 30.1 Å². The summed E-state index contributed by atoms with van der Waals surface area (Å²) in [5.41, 5.74) is 1.28. The summed E-state index contributed by atoms with van der Waals surface area (Å²) in [6.45, 7) is 3.34. The van der Waals surface area contributed by atoms with Crippen LogP contribution in [0.25, 0.3) is 0 Å². The molecule has 0 bridgehead atoms. The van der Waals surface area contributed by atoms with Gasteiger partial charge in [0.25, 0.3) is 0 Å². The quantitative estimate of drug-likeness (QED) is 0.870. The molecule has 2 nitrogen and oxygen atoms in total. The van der Waals surface area contributed by atoms with Crippen molar-refractivity contribution in [2.24, 2.45) is 0 Å². The van der Waals surface area contributed by atoms with Crippen molar-refractivity contribution in [1.29, 1.82) is 0 Å². The third-order valence-electron chi connectivity index (χ3n) is 3.11. The van der Waals surface area contributed by atoms with Gasteiger partial charge in [-0.25, -0.2) is 0 Å². The second-order valence-electron chi connectivity index (χ2n) is 4.40. The van der Waals surface area contributed by atoms with E-state index in [0.717, 1.165) is 11.8 Å². The highest BCUT2D eigenvalue weighted by Gasteiger charge is 2.14. The van der Waals surface area contributed by atoms with E-state index in [1.165, 1.54) is 30.6 Å². The van der Waals surface area contributed by atoms with E-state index in [2.05, 4.69) is 35.1 Å². The fraction of sp³-hybridized carbons (Fsp3) is 0.615. The predicted octanol–water partition coefficient (Wildman–Crippen LogP) is 3.02. The summed E-state index contributed by atoms with van der Waals surface area (Å²) in [5.74, 6) is 1.34. The highest BCUT2D eigenvalue weighted by atomic mass is 32.2. The van der Waals surface area contributed by atoms with Crippen molar-refractivity contribution in [1.82, 2.24) is 10.3 Å². The average molecular weight is 236 g/mol. The molecule has 88 valence electrons. The molecule has 1 aromatic heterocycles. The minimum atomic E-state index is 0.413. The van der Waals surface area contributed by atoms with E-state index in [1.54, 1.807) is 0 Å². The Morgan fingerprint density at radius 2 is 2.50 bits per heavy atom. The molecule has 0 spiro atoms. The second kappa shape index (κ2) is 6.26. The molecule has 16 heavy (non-hydrogen) atoms. The van der Waals surface area contributed by atoms with Crippen LogP contribution in [0.2, 0.25) is 0 Å². The van der Waals surface area contributed by atoms with Crippen molar-refractivity contribution in [2.75, 3.05) is 12.3 Å². The fourth-order valence-electron chi connectivity index (χ4n) is 2.03. The van der Waals surface area contributed by atoms with Gasteiger partial charge in [0, 0.05) is 30.2 Å². The van der Waals surface area contributed by atoms with Gasteiger partial charge in [-0.2, -0.15) is 11.8 Å². The van der Waals surface area contributed by atoms with Crippen LogP contribution in [0.5, 0.6) is 0 Å². The zero-order valence-corrected chi connectivity index (χ0v) is 10.7. The zero-order valence-electron chi connectivity index (χ0n) is 9.86. The lowest BCUT2D eigenvalue weighted by Crippen LogP contribution is -2.29. The maximum absolute atomic E-state index is 4.16. The molecule has 1 fully saturated rings. The summed E-state index contributed by atoms with van der Waals surface area (Å²) in [7, 11) is 0. The highest BCUT2D eigenvalue weighted by molar-refractivity contribution is 7.99. The van der Waals surface area contributed by atoms with Crippen molar-refractivity contribution < 1.29 is 0 Å². The Kier molecular flexibility index (Phi) is 4.67. The minimum Gasteiger partial charge on any atom is -0.309 e. The van der Waals surface area contributed by atoms with Crippen LogP contribution >= 0.6 is 11.8 Å². The number of aromatic nitrogens is 1. The molecule has 2 rings (SSSR count). The monoisotopic (exact) mass is 236 g/mol. The van der Waals surface area contributed by atoms with E-state index >= 15 is 0 Å². The molecular weight excluding hydrogens is 216 g/mol. The fourth-order valence-corrected chi connectivity index (χ4v) is 3.28. The van der Waals surface area contributed by atoms with Crippen LogP contribution < -0.4 is 5.32 Å². The van der Waals surface area contributed by atoms with E-state index in [0.29, 0.717) is 6.04 Å². The Labute approximate surface area is 102 Å². The van der Waals surface area contributed by atoms with Gasteiger partial charge in [0.2, 0.25) is 0 Å². The Balaban J connectivity index is 1.77. The Bertz CT molecular complexity index is 296. The molecule has 0 radical (unpaired) electrons. The third-order valence-corrected chi connectivity index (χ3v) is 4.51. The molecule has 3 heteroatoms. The number of pyridine rings is 1. The van der Waals surface area contributed by atoms with Crippen molar-refractivity contribution in [3.8, 4) is 0 Å². The summed E-state index contributed by atoms with van der Waals surface area (Å²) >= 11 is 2.12. The molecule has 2 atom stereocenters. The van der Waals surface area contributed by atoms with Gasteiger partial charge >= 0.3 is 0 Å². The lowest BCUT2D eigenvalue weighted by molar-refractivity contribution is 0.537. The molecule has 1 aromatic rings. The van der Waals surface area contributed by atoms with E-state index < -0.39 is 0 Å². The topological polar surface area (TPSA) is 24.9 Å². The molecule has 1 saturated heterocycles. The van der Waals surface area contributed by atoms with Gasteiger partial charge < -0.3 is 5.32 Å². The third kappa shape index (κ3) is 3.49. The van der Waals surface area contributed by atoms with Crippen LogP contribution in [0.3, 0.4) is 0 Å². The first kappa shape index (κ1) is 11.9. The molecule has 2 heterocycles. The van der Waals surface area contributed by atoms with E-state index in [9.17, 15) is 0 Å². The lowest BCUT2D eigenvalue weighted by atomic mass is 10.1. The van der Waals surface area contributed by atoms with Crippen LogP contribution in [0.1, 0.15) is 37.8 Å². The summed E-state index contributed by atoms with van der Waals surface area (Å²) in [4.78, 5) is 4.16. The summed E-state index contributed by atoms with van der Waals surface area (Å²) in [6.07, 6.45) is 7.95. The van der Waals surface area contributed by atoms with Gasteiger partial charge in [0.05, 0.1) is 0 Å². The minimum absolute atomic E-state index is 0.413. The smallest absolute Gasteiger partial charge is 0.0315 e. The van der Waals surface area contributed by atoms with Crippen molar-refractivity contribution in [2.45, 2.75) is 37.5 Å². The molecule has 1 N–H and O–H groups in total. The molecule has 0 aromatic carbocycles. The largest absolute Gasteiger partial charge is 0.309 e. The highest BCUT2D eigenvalue weighted by Crippen LogP contribution is 2.24. The molecular formula is C13H20N2S. The number of nitrogens with zero attached hydrogens (tertiary/aromatic N) is 1. The predicted molar refractivity (Wildman–Crippen MR) is 70.8 cm³/mol. The molecule has 0 aliphatic carbocycles. The maximum Gasteiger partial charge on any atom is 0.0315 e. The lowest BCUT2D eigenvalue weighted by Gasteiger charge is -2.23. The van der Waals surface area contributed by atoms with Crippen molar-refractivity contribution in [3.63, 3.8) is 0 Å². The van der Waals surface area contributed by atoms with Gasteiger partial charge in [-0.1, -0.05) is 12.5 Å². The number of hydrogen-bond acceptors (Lipinski definition) is 3. The van der Waals surface area contributed by atoms with Crippen LogP contribution in [-0.2, 0) is 0 Å². The van der Waals surface area contributed by atoms with Gasteiger partial charge in [0.15, 0.2) is 0 Å². The first-order valence-corrected chi connectivity index (χ1v) is 7.16. The number of thioether (sulfide) groups is 1. The first-order valence-electron chi connectivity index (χ1n) is 6.11. The summed E-state index contributed by atoms with van der Waals surface area (Å²) in [5, 5.41) is 4.42. The summed E-state index contributed by atoms with van der Waals surface area (Å²) in [6, 6.07) is 4.55. The van der Waals surface area contributed by atoms with Gasteiger partial charge in [-0.3, -0.25) is 4.98 Å². The van der Waals surface area contributed by atoms with Crippen LogP contribution in [0.15, 0.2) is 24.5 Å². The summed E-state index contributed by atoms with van der Waals surface area (Å²) < 4.78 is 0. The Hall–Kier alpha value is -0.540. The second-order valence-corrected chi connectivity index (χ2v) is 5.81. The normalized spacial score (nSPS) is 22.9. The molecule has 1 aliphatic heterocycles.